The fourth-order valence-corrected chi connectivity index (χ4v) is 4.60. The lowest BCUT2D eigenvalue weighted by atomic mass is 9.95. The summed E-state index contributed by atoms with van der Waals surface area (Å²) in [6, 6.07) is 8.31. The Bertz CT molecular complexity index is 906. The Morgan fingerprint density at radius 3 is 2.64 bits per heavy atom. The average Bonchev–Trinajstić information content (AvgIpc) is 3.15. The number of hydrogen-bond acceptors (Lipinski definition) is 6. The van der Waals surface area contributed by atoms with E-state index in [4.69, 9.17) is 10.5 Å². The van der Waals surface area contributed by atoms with Gasteiger partial charge in [0, 0.05) is 29.9 Å². The number of benzene rings is 1. The molecule has 1 aliphatic heterocycles. The van der Waals surface area contributed by atoms with Crippen molar-refractivity contribution < 1.29 is 4.74 Å². The fourth-order valence-electron chi connectivity index (χ4n) is 3.61. The van der Waals surface area contributed by atoms with Gasteiger partial charge in [-0.1, -0.05) is 12.1 Å². The summed E-state index contributed by atoms with van der Waals surface area (Å²) < 4.78 is 5.26. The van der Waals surface area contributed by atoms with Crippen molar-refractivity contribution in [3.8, 4) is 5.75 Å². The van der Waals surface area contributed by atoms with E-state index in [0.29, 0.717) is 0 Å². The minimum Gasteiger partial charge on any atom is -0.497 e. The second-order valence-corrected chi connectivity index (χ2v) is 7.81. The lowest BCUT2D eigenvalue weighted by molar-refractivity contribution is 0.414. The van der Waals surface area contributed by atoms with Crippen molar-refractivity contribution in [1.82, 2.24) is 9.97 Å². The monoisotopic (exact) mass is 354 g/mol. The van der Waals surface area contributed by atoms with E-state index in [1.54, 1.807) is 24.8 Å². The third-order valence-electron chi connectivity index (χ3n) is 5.15. The molecular weight excluding hydrogens is 332 g/mol. The van der Waals surface area contributed by atoms with E-state index in [1.807, 2.05) is 12.1 Å². The molecule has 0 saturated carbocycles. The maximum absolute atomic E-state index is 6.48. The minimum atomic E-state index is 0.0819. The van der Waals surface area contributed by atoms with Crippen LogP contribution < -0.4 is 15.4 Å². The number of anilines is 1. The van der Waals surface area contributed by atoms with Gasteiger partial charge in [-0.25, -0.2) is 9.97 Å². The first kappa shape index (κ1) is 16.3. The van der Waals surface area contributed by atoms with Crippen LogP contribution in [0.3, 0.4) is 0 Å². The first-order valence-electron chi connectivity index (χ1n) is 8.43. The van der Waals surface area contributed by atoms with Crippen LogP contribution in [0.2, 0.25) is 0 Å². The van der Waals surface area contributed by atoms with Crippen LogP contribution in [0.1, 0.15) is 21.9 Å². The minimum absolute atomic E-state index is 0.0819. The van der Waals surface area contributed by atoms with E-state index in [9.17, 15) is 0 Å². The zero-order valence-corrected chi connectivity index (χ0v) is 15.5. The standard InChI is InChI=1S/C19H22N4OS/c1-11-12(2)25-19-17(11)18(21-10-22-19)23-8-15(16(20)9-23)13-4-6-14(24-3)7-5-13/h4-7,10,15-16H,8-9,20H2,1-3H3. The number of fused-ring (bicyclic) bond motifs is 1. The fraction of sp³-hybridized carbons (Fsp3) is 0.368. The Balaban J connectivity index is 1.67. The summed E-state index contributed by atoms with van der Waals surface area (Å²) in [6.45, 7) is 5.96. The zero-order chi connectivity index (χ0) is 17.6. The van der Waals surface area contributed by atoms with E-state index < -0.39 is 0 Å². The maximum atomic E-state index is 6.48. The highest BCUT2D eigenvalue weighted by Gasteiger charge is 2.33. The first-order chi connectivity index (χ1) is 12.1. The van der Waals surface area contributed by atoms with Crippen molar-refractivity contribution in [1.29, 1.82) is 0 Å². The normalized spacial score (nSPS) is 20.4. The molecule has 1 fully saturated rings. The Kier molecular flexibility index (Phi) is 4.09. The van der Waals surface area contributed by atoms with Crippen LogP contribution in [0.15, 0.2) is 30.6 Å². The third kappa shape index (κ3) is 2.75. The van der Waals surface area contributed by atoms with Gasteiger partial charge in [-0.3, -0.25) is 0 Å². The van der Waals surface area contributed by atoms with E-state index in [1.165, 1.54) is 21.4 Å². The van der Waals surface area contributed by atoms with Gasteiger partial charge in [0.05, 0.1) is 12.5 Å². The highest BCUT2D eigenvalue weighted by Crippen LogP contribution is 2.37. The van der Waals surface area contributed by atoms with Gasteiger partial charge in [0.2, 0.25) is 0 Å². The van der Waals surface area contributed by atoms with Gasteiger partial charge in [-0.05, 0) is 37.1 Å². The second kappa shape index (κ2) is 6.28. The number of nitrogens with zero attached hydrogens (tertiary/aromatic N) is 3. The molecule has 0 amide bonds. The van der Waals surface area contributed by atoms with Gasteiger partial charge >= 0.3 is 0 Å². The van der Waals surface area contributed by atoms with E-state index in [2.05, 4.69) is 40.8 Å². The van der Waals surface area contributed by atoms with Gasteiger partial charge in [-0.15, -0.1) is 11.3 Å². The molecule has 1 aliphatic rings. The highest BCUT2D eigenvalue weighted by molar-refractivity contribution is 7.18. The van der Waals surface area contributed by atoms with Gasteiger partial charge < -0.3 is 15.4 Å². The quantitative estimate of drug-likeness (QED) is 0.782. The molecule has 4 rings (SSSR count). The van der Waals surface area contributed by atoms with Crippen molar-refractivity contribution in [3.05, 3.63) is 46.6 Å². The predicted octanol–water partition coefficient (Wildman–Crippen LogP) is 3.25. The SMILES string of the molecule is COc1ccc(C2CN(c3ncnc4sc(C)c(C)c34)CC2N)cc1. The van der Waals surface area contributed by atoms with Crippen molar-refractivity contribution in [2.75, 3.05) is 25.1 Å². The van der Waals surface area contributed by atoms with Crippen LogP contribution in [0.5, 0.6) is 5.75 Å². The van der Waals surface area contributed by atoms with Gasteiger partial charge in [-0.2, -0.15) is 0 Å². The van der Waals surface area contributed by atoms with Gasteiger partial charge in [0.1, 0.15) is 22.7 Å². The number of aromatic nitrogens is 2. The van der Waals surface area contributed by atoms with E-state index >= 15 is 0 Å². The first-order valence-corrected chi connectivity index (χ1v) is 9.25. The number of hydrogen-bond donors (Lipinski definition) is 1. The maximum Gasteiger partial charge on any atom is 0.141 e. The molecule has 1 saturated heterocycles. The molecule has 2 unspecified atom stereocenters. The molecule has 3 heterocycles. The van der Waals surface area contributed by atoms with Crippen LogP contribution in [-0.4, -0.2) is 36.2 Å². The molecule has 0 spiro atoms. The summed E-state index contributed by atoms with van der Waals surface area (Å²) >= 11 is 1.73. The molecule has 2 N–H and O–H groups in total. The van der Waals surface area contributed by atoms with Crippen LogP contribution >= 0.6 is 11.3 Å². The molecule has 2 aromatic heterocycles. The van der Waals surface area contributed by atoms with Gasteiger partial charge in [0.15, 0.2) is 0 Å². The summed E-state index contributed by atoms with van der Waals surface area (Å²) in [7, 11) is 1.68. The molecule has 130 valence electrons. The molecule has 6 heteroatoms. The Morgan fingerprint density at radius 1 is 1.16 bits per heavy atom. The zero-order valence-electron chi connectivity index (χ0n) is 14.7. The van der Waals surface area contributed by atoms with Crippen LogP contribution in [0.25, 0.3) is 10.2 Å². The number of ether oxygens (including phenoxy) is 1. The van der Waals surface area contributed by atoms with Crippen molar-refractivity contribution >= 4 is 27.4 Å². The lowest BCUT2D eigenvalue weighted by Gasteiger charge is -2.18. The van der Waals surface area contributed by atoms with Crippen molar-refractivity contribution in [2.45, 2.75) is 25.8 Å². The summed E-state index contributed by atoms with van der Waals surface area (Å²) in [6.07, 6.45) is 1.67. The third-order valence-corrected chi connectivity index (χ3v) is 6.27. The summed E-state index contributed by atoms with van der Waals surface area (Å²) in [5.74, 6) is 2.17. The van der Waals surface area contributed by atoms with Crippen LogP contribution in [0.4, 0.5) is 5.82 Å². The lowest BCUT2D eigenvalue weighted by Crippen LogP contribution is -2.29. The number of rotatable bonds is 3. The molecule has 25 heavy (non-hydrogen) atoms. The van der Waals surface area contributed by atoms with Crippen molar-refractivity contribution in [3.63, 3.8) is 0 Å². The Labute approximate surface area is 151 Å². The topological polar surface area (TPSA) is 64.3 Å². The summed E-state index contributed by atoms with van der Waals surface area (Å²) in [5, 5.41) is 1.17. The van der Waals surface area contributed by atoms with Crippen molar-refractivity contribution in [2.24, 2.45) is 5.73 Å². The van der Waals surface area contributed by atoms with E-state index in [0.717, 1.165) is 29.5 Å². The largest absolute Gasteiger partial charge is 0.497 e. The van der Waals surface area contributed by atoms with Crippen LogP contribution in [-0.2, 0) is 0 Å². The summed E-state index contributed by atoms with van der Waals surface area (Å²) in [4.78, 5) is 13.7. The number of thiophene rings is 1. The molecule has 5 nitrogen and oxygen atoms in total. The van der Waals surface area contributed by atoms with Gasteiger partial charge in [0.25, 0.3) is 0 Å². The molecule has 1 aromatic carbocycles. The van der Waals surface area contributed by atoms with Crippen LogP contribution in [0, 0.1) is 13.8 Å². The predicted molar refractivity (Wildman–Crippen MR) is 103 cm³/mol. The molecule has 0 aliphatic carbocycles. The highest BCUT2D eigenvalue weighted by atomic mass is 32.1. The molecule has 3 aromatic rings. The number of nitrogens with two attached hydrogens (primary N) is 1. The second-order valence-electron chi connectivity index (χ2n) is 6.61. The number of aryl methyl sites for hydroxylation is 2. The molecule has 0 radical (unpaired) electrons. The molecular formula is C19H22N4OS. The molecule has 2 atom stereocenters. The van der Waals surface area contributed by atoms with E-state index in [-0.39, 0.29) is 12.0 Å². The molecule has 0 bridgehead atoms. The smallest absolute Gasteiger partial charge is 0.141 e. The Morgan fingerprint density at radius 2 is 1.92 bits per heavy atom. The number of methoxy groups -OCH3 is 1. The summed E-state index contributed by atoms with van der Waals surface area (Å²) in [5.41, 5.74) is 9.01. The Hall–Kier alpha value is -2.18. The average molecular weight is 354 g/mol.